The number of likely N-dealkylation sites (N-methyl/N-ethyl adjacent to an activating group) is 1. The SMILES string of the molecule is CN(Cc1ccc(-c2nc(-c3ccncc3)cc(=O)[nH]2)cc1)CC1COCCO1. The Bertz CT molecular complexity index is 983. The third-order valence-electron chi connectivity index (χ3n) is 4.80. The number of hydrogen-bond acceptors (Lipinski definition) is 6. The maximum atomic E-state index is 12.1. The molecular weight excluding hydrogens is 368 g/mol. The van der Waals surface area contributed by atoms with Crippen LogP contribution >= 0.6 is 0 Å². The van der Waals surface area contributed by atoms with Crippen LogP contribution in [0.2, 0.25) is 0 Å². The topological polar surface area (TPSA) is 80.3 Å². The summed E-state index contributed by atoms with van der Waals surface area (Å²) in [5.74, 6) is 0.553. The Balaban J connectivity index is 1.46. The fourth-order valence-electron chi connectivity index (χ4n) is 3.40. The van der Waals surface area contributed by atoms with Gasteiger partial charge in [-0.15, -0.1) is 0 Å². The molecule has 29 heavy (non-hydrogen) atoms. The van der Waals surface area contributed by atoms with E-state index < -0.39 is 0 Å². The van der Waals surface area contributed by atoms with Crippen LogP contribution in [0, 0.1) is 0 Å². The second kappa shape index (κ2) is 9.09. The van der Waals surface area contributed by atoms with E-state index in [1.165, 1.54) is 11.6 Å². The first-order chi connectivity index (χ1) is 14.2. The molecule has 1 aliphatic heterocycles. The van der Waals surface area contributed by atoms with Crippen LogP contribution in [-0.4, -0.2) is 59.4 Å². The van der Waals surface area contributed by atoms with Crippen LogP contribution in [0.1, 0.15) is 5.56 Å². The Labute approximate surface area is 169 Å². The monoisotopic (exact) mass is 392 g/mol. The van der Waals surface area contributed by atoms with Gasteiger partial charge in [-0.25, -0.2) is 4.98 Å². The molecule has 7 nitrogen and oxygen atoms in total. The van der Waals surface area contributed by atoms with Crippen LogP contribution in [-0.2, 0) is 16.0 Å². The van der Waals surface area contributed by atoms with E-state index in [1.54, 1.807) is 12.4 Å². The molecule has 1 N–H and O–H groups in total. The second-order valence-corrected chi connectivity index (χ2v) is 7.18. The van der Waals surface area contributed by atoms with E-state index in [9.17, 15) is 4.79 Å². The van der Waals surface area contributed by atoms with Crippen molar-refractivity contribution in [2.75, 3.05) is 33.4 Å². The Morgan fingerprint density at radius 1 is 1.10 bits per heavy atom. The number of H-pyrrole nitrogens is 1. The van der Waals surface area contributed by atoms with Crippen molar-refractivity contribution in [3.63, 3.8) is 0 Å². The second-order valence-electron chi connectivity index (χ2n) is 7.18. The molecule has 0 saturated carbocycles. The van der Waals surface area contributed by atoms with Crippen molar-refractivity contribution in [3.05, 3.63) is 70.8 Å². The normalized spacial score (nSPS) is 16.8. The molecule has 3 heterocycles. The third kappa shape index (κ3) is 5.14. The predicted octanol–water partition coefficient (Wildman–Crippen LogP) is 2.35. The van der Waals surface area contributed by atoms with E-state index in [0.717, 1.165) is 24.2 Å². The van der Waals surface area contributed by atoms with Crippen LogP contribution in [0.25, 0.3) is 22.6 Å². The van der Waals surface area contributed by atoms with E-state index in [0.29, 0.717) is 31.3 Å². The average molecular weight is 392 g/mol. The van der Waals surface area contributed by atoms with Crippen LogP contribution in [0.5, 0.6) is 0 Å². The number of hydrogen-bond donors (Lipinski definition) is 1. The summed E-state index contributed by atoms with van der Waals surface area (Å²) in [6.07, 6.45) is 3.50. The molecule has 0 radical (unpaired) electrons. The van der Waals surface area contributed by atoms with Gasteiger partial charge in [0.15, 0.2) is 0 Å². The average Bonchev–Trinajstić information content (AvgIpc) is 2.75. The van der Waals surface area contributed by atoms with Gasteiger partial charge in [0, 0.05) is 42.7 Å². The highest BCUT2D eigenvalue weighted by molar-refractivity contribution is 5.63. The van der Waals surface area contributed by atoms with E-state index in [-0.39, 0.29) is 11.7 Å². The summed E-state index contributed by atoms with van der Waals surface area (Å²) in [5, 5.41) is 0. The summed E-state index contributed by atoms with van der Waals surface area (Å²) in [7, 11) is 2.07. The molecule has 0 spiro atoms. The van der Waals surface area contributed by atoms with Gasteiger partial charge in [-0.2, -0.15) is 0 Å². The summed E-state index contributed by atoms with van der Waals surface area (Å²) in [6.45, 7) is 3.62. The van der Waals surface area contributed by atoms with E-state index in [2.05, 4.69) is 39.0 Å². The van der Waals surface area contributed by atoms with Crippen molar-refractivity contribution in [2.45, 2.75) is 12.6 Å². The Morgan fingerprint density at radius 3 is 2.62 bits per heavy atom. The molecule has 0 amide bonds. The summed E-state index contributed by atoms with van der Waals surface area (Å²) in [4.78, 5) is 25.8. The van der Waals surface area contributed by atoms with E-state index in [1.807, 2.05) is 24.3 Å². The van der Waals surface area contributed by atoms with Gasteiger partial charge in [0.25, 0.3) is 5.56 Å². The first-order valence-electron chi connectivity index (χ1n) is 9.66. The molecule has 1 atom stereocenters. The number of nitrogens with one attached hydrogen (secondary N) is 1. The number of aromatic nitrogens is 3. The van der Waals surface area contributed by atoms with Gasteiger partial charge in [0.2, 0.25) is 0 Å². The van der Waals surface area contributed by atoms with Crippen molar-refractivity contribution in [2.24, 2.45) is 0 Å². The molecule has 1 aromatic carbocycles. The van der Waals surface area contributed by atoms with Crippen molar-refractivity contribution in [1.82, 2.24) is 19.9 Å². The standard InChI is InChI=1S/C22H24N4O3/c1-26(14-19-15-28-10-11-29-19)13-16-2-4-18(5-3-16)22-24-20(12-21(27)25-22)17-6-8-23-9-7-17/h2-9,12,19H,10-11,13-15H2,1H3,(H,24,25,27). The molecule has 150 valence electrons. The minimum atomic E-state index is -0.180. The third-order valence-corrected chi connectivity index (χ3v) is 4.80. The molecule has 7 heteroatoms. The predicted molar refractivity (Wildman–Crippen MR) is 110 cm³/mol. The Hall–Kier alpha value is -2.87. The van der Waals surface area contributed by atoms with Crippen LogP contribution in [0.4, 0.5) is 0 Å². The lowest BCUT2D eigenvalue weighted by atomic mass is 10.1. The van der Waals surface area contributed by atoms with Gasteiger partial charge in [-0.05, 0) is 24.7 Å². The van der Waals surface area contributed by atoms with Crippen LogP contribution in [0.15, 0.2) is 59.7 Å². The Kier molecular flexibility index (Phi) is 6.09. The molecule has 3 aromatic rings. The number of nitrogens with zero attached hydrogens (tertiary/aromatic N) is 3. The number of benzene rings is 1. The zero-order valence-electron chi connectivity index (χ0n) is 16.4. The van der Waals surface area contributed by atoms with Gasteiger partial charge in [0.05, 0.1) is 31.6 Å². The highest BCUT2D eigenvalue weighted by Crippen LogP contribution is 2.20. The maximum Gasteiger partial charge on any atom is 0.251 e. The number of rotatable bonds is 6. The minimum absolute atomic E-state index is 0.123. The van der Waals surface area contributed by atoms with Crippen LogP contribution in [0.3, 0.4) is 0 Å². The fourth-order valence-corrected chi connectivity index (χ4v) is 3.40. The summed E-state index contributed by atoms with van der Waals surface area (Å²) >= 11 is 0. The number of aromatic amines is 1. The molecule has 0 aliphatic carbocycles. The lowest BCUT2D eigenvalue weighted by molar-refractivity contribution is -0.0962. The molecule has 1 aliphatic rings. The van der Waals surface area contributed by atoms with Gasteiger partial charge < -0.3 is 14.5 Å². The summed E-state index contributed by atoms with van der Waals surface area (Å²) in [6, 6.07) is 13.3. The minimum Gasteiger partial charge on any atom is -0.376 e. The largest absolute Gasteiger partial charge is 0.376 e. The van der Waals surface area contributed by atoms with Gasteiger partial charge >= 0.3 is 0 Å². The number of ether oxygens (including phenoxy) is 2. The molecule has 2 aromatic heterocycles. The van der Waals surface area contributed by atoms with Crippen molar-refractivity contribution >= 4 is 0 Å². The zero-order chi connectivity index (χ0) is 20.1. The summed E-state index contributed by atoms with van der Waals surface area (Å²) in [5.41, 5.74) is 3.36. The van der Waals surface area contributed by atoms with E-state index in [4.69, 9.17) is 9.47 Å². The molecular formula is C22H24N4O3. The maximum absolute atomic E-state index is 12.1. The zero-order valence-corrected chi connectivity index (χ0v) is 16.4. The smallest absolute Gasteiger partial charge is 0.251 e. The Morgan fingerprint density at radius 2 is 1.90 bits per heavy atom. The van der Waals surface area contributed by atoms with Gasteiger partial charge in [-0.1, -0.05) is 24.3 Å². The molecule has 4 rings (SSSR count). The van der Waals surface area contributed by atoms with Gasteiger partial charge in [0.1, 0.15) is 5.82 Å². The molecule has 1 saturated heterocycles. The first-order valence-corrected chi connectivity index (χ1v) is 9.66. The lowest BCUT2D eigenvalue weighted by Gasteiger charge is -2.27. The number of pyridine rings is 1. The van der Waals surface area contributed by atoms with Crippen molar-refractivity contribution in [3.8, 4) is 22.6 Å². The van der Waals surface area contributed by atoms with Gasteiger partial charge in [-0.3, -0.25) is 14.7 Å². The molecule has 1 fully saturated rings. The highest BCUT2D eigenvalue weighted by Gasteiger charge is 2.16. The van der Waals surface area contributed by atoms with Crippen molar-refractivity contribution < 1.29 is 9.47 Å². The summed E-state index contributed by atoms with van der Waals surface area (Å²) < 4.78 is 11.2. The van der Waals surface area contributed by atoms with Crippen LogP contribution < -0.4 is 5.56 Å². The van der Waals surface area contributed by atoms with Crippen molar-refractivity contribution in [1.29, 1.82) is 0 Å². The fraction of sp³-hybridized carbons (Fsp3) is 0.318. The van der Waals surface area contributed by atoms with E-state index >= 15 is 0 Å². The molecule has 1 unspecified atom stereocenters. The molecule has 0 bridgehead atoms. The quantitative estimate of drug-likeness (QED) is 0.694. The highest BCUT2D eigenvalue weighted by atomic mass is 16.6. The first kappa shape index (κ1) is 19.4. The lowest BCUT2D eigenvalue weighted by Crippen LogP contribution is -2.38.